The second kappa shape index (κ2) is 9.64. The van der Waals surface area contributed by atoms with Gasteiger partial charge in [-0.2, -0.15) is 5.10 Å². The molecule has 0 aliphatic carbocycles. The summed E-state index contributed by atoms with van der Waals surface area (Å²) in [5, 5.41) is 6.19. The molecule has 0 bridgehead atoms. The van der Waals surface area contributed by atoms with Crippen LogP contribution in [0.15, 0.2) is 47.6 Å². The normalized spacial score (nSPS) is 15.5. The molecule has 0 saturated heterocycles. The molecule has 3 rings (SSSR count). The Bertz CT molecular complexity index is 985. The molecule has 0 unspecified atom stereocenters. The molecule has 2 aromatic rings. The van der Waals surface area contributed by atoms with E-state index in [0.29, 0.717) is 24.3 Å². The maximum Gasteiger partial charge on any atom is 0.262 e. The number of carbonyl (C=O) groups is 2. The van der Waals surface area contributed by atoms with Crippen LogP contribution in [0.4, 0.5) is 0 Å². The van der Waals surface area contributed by atoms with Crippen molar-refractivity contribution in [3.63, 3.8) is 0 Å². The minimum atomic E-state index is -0.250. The number of hydrogen-bond acceptors (Lipinski definition) is 5. The topological polar surface area (TPSA) is 71.4 Å². The van der Waals surface area contributed by atoms with E-state index in [4.69, 9.17) is 9.47 Å². The Balaban J connectivity index is 1.96. The fraction of sp³-hybridized carbons (Fsp3) is 0.375. The summed E-state index contributed by atoms with van der Waals surface area (Å²) in [4.78, 5) is 26.5. The van der Waals surface area contributed by atoms with Gasteiger partial charge in [-0.25, -0.2) is 5.01 Å². The van der Waals surface area contributed by atoms with Crippen molar-refractivity contribution in [3.8, 4) is 11.5 Å². The molecule has 1 aliphatic rings. The van der Waals surface area contributed by atoms with Crippen molar-refractivity contribution in [1.82, 2.24) is 9.91 Å². The third kappa shape index (κ3) is 4.87. The van der Waals surface area contributed by atoms with E-state index < -0.39 is 0 Å². The minimum absolute atomic E-state index is 0.0223. The third-order valence-electron chi connectivity index (χ3n) is 5.45. The second-order valence-corrected chi connectivity index (χ2v) is 7.59. The standard InChI is InChI=1S/C24H29N3O4/c1-6-23(28)26(3)15-24(29)27-21(17-9-7-16(2)8-10-17)14-20(25-27)19-12-11-18(30-4)13-22(19)31-5/h7-13,21H,6,14-15H2,1-5H3/t21-/m1/s1. The van der Waals surface area contributed by atoms with Crippen molar-refractivity contribution in [2.75, 3.05) is 27.8 Å². The van der Waals surface area contributed by atoms with E-state index in [9.17, 15) is 9.59 Å². The minimum Gasteiger partial charge on any atom is -0.497 e. The van der Waals surface area contributed by atoms with Crippen LogP contribution in [0.25, 0.3) is 0 Å². The summed E-state index contributed by atoms with van der Waals surface area (Å²) in [6.45, 7) is 3.78. The zero-order valence-electron chi connectivity index (χ0n) is 18.7. The molecule has 2 amide bonds. The molecular weight excluding hydrogens is 394 g/mol. The van der Waals surface area contributed by atoms with Gasteiger partial charge in [0.15, 0.2) is 0 Å². The first-order valence-electron chi connectivity index (χ1n) is 10.3. The number of carbonyl (C=O) groups excluding carboxylic acids is 2. The number of ether oxygens (including phenoxy) is 2. The van der Waals surface area contributed by atoms with Crippen LogP contribution in [0.3, 0.4) is 0 Å². The number of methoxy groups -OCH3 is 2. The molecule has 0 aromatic heterocycles. The van der Waals surface area contributed by atoms with Gasteiger partial charge in [-0.1, -0.05) is 36.8 Å². The summed E-state index contributed by atoms with van der Waals surface area (Å²) in [5.74, 6) is 1.01. The van der Waals surface area contributed by atoms with E-state index in [2.05, 4.69) is 5.10 Å². The number of benzene rings is 2. The van der Waals surface area contributed by atoms with Gasteiger partial charge in [-0.3, -0.25) is 9.59 Å². The van der Waals surface area contributed by atoms with Crippen LogP contribution in [0.2, 0.25) is 0 Å². The number of amides is 2. The highest BCUT2D eigenvalue weighted by molar-refractivity contribution is 6.05. The molecule has 0 spiro atoms. The molecule has 1 aliphatic heterocycles. The Kier molecular flexibility index (Phi) is 6.95. The number of aryl methyl sites for hydroxylation is 1. The van der Waals surface area contributed by atoms with Crippen LogP contribution in [0.1, 0.15) is 42.5 Å². The summed E-state index contributed by atoms with van der Waals surface area (Å²) >= 11 is 0. The van der Waals surface area contributed by atoms with E-state index in [-0.39, 0.29) is 24.4 Å². The van der Waals surface area contributed by atoms with Gasteiger partial charge in [-0.05, 0) is 24.6 Å². The Labute approximate surface area is 183 Å². The number of hydrogen-bond donors (Lipinski definition) is 0. The van der Waals surface area contributed by atoms with Crippen LogP contribution < -0.4 is 9.47 Å². The van der Waals surface area contributed by atoms with Gasteiger partial charge < -0.3 is 14.4 Å². The van der Waals surface area contributed by atoms with Gasteiger partial charge >= 0.3 is 0 Å². The van der Waals surface area contributed by atoms with Gasteiger partial charge in [0.1, 0.15) is 18.0 Å². The van der Waals surface area contributed by atoms with Gasteiger partial charge in [-0.15, -0.1) is 0 Å². The highest BCUT2D eigenvalue weighted by atomic mass is 16.5. The van der Waals surface area contributed by atoms with Gasteiger partial charge in [0.05, 0.1) is 26.0 Å². The molecule has 1 atom stereocenters. The lowest BCUT2D eigenvalue weighted by molar-refractivity contribution is -0.140. The Morgan fingerprint density at radius 3 is 2.45 bits per heavy atom. The first kappa shape index (κ1) is 22.3. The predicted molar refractivity (Wildman–Crippen MR) is 119 cm³/mol. The average molecular weight is 424 g/mol. The van der Waals surface area contributed by atoms with Gasteiger partial charge in [0.2, 0.25) is 5.91 Å². The van der Waals surface area contributed by atoms with Crippen molar-refractivity contribution < 1.29 is 19.1 Å². The highest BCUT2D eigenvalue weighted by Crippen LogP contribution is 2.36. The lowest BCUT2D eigenvalue weighted by Gasteiger charge is -2.24. The van der Waals surface area contributed by atoms with Crippen molar-refractivity contribution in [2.45, 2.75) is 32.7 Å². The average Bonchev–Trinajstić information content (AvgIpc) is 3.23. The lowest BCUT2D eigenvalue weighted by atomic mass is 9.97. The van der Waals surface area contributed by atoms with Crippen molar-refractivity contribution in [2.24, 2.45) is 5.10 Å². The summed E-state index contributed by atoms with van der Waals surface area (Å²) in [6, 6.07) is 13.4. The molecular formula is C24H29N3O4. The van der Waals surface area contributed by atoms with Crippen LogP contribution >= 0.6 is 0 Å². The third-order valence-corrected chi connectivity index (χ3v) is 5.45. The molecule has 2 aromatic carbocycles. The fourth-order valence-corrected chi connectivity index (χ4v) is 3.62. The molecule has 31 heavy (non-hydrogen) atoms. The van der Waals surface area contributed by atoms with E-state index >= 15 is 0 Å². The smallest absolute Gasteiger partial charge is 0.262 e. The van der Waals surface area contributed by atoms with Crippen molar-refractivity contribution in [1.29, 1.82) is 0 Å². The van der Waals surface area contributed by atoms with E-state index in [0.717, 1.165) is 22.4 Å². The van der Waals surface area contributed by atoms with Crippen LogP contribution in [0, 0.1) is 6.92 Å². The lowest BCUT2D eigenvalue weighted by Crippen LogP contribution is -2.38. The number of nitrogens with zero attached hydrogens (tertiary/aromatic N) is 3. The summed E-state index contributed by atoms with van der Waals surface area (Å²) < 4.78 is 10.8. The van der Waals surface area contributed by atoms with Crippen molar-refractivity contribution >= 4 is 17.5 Å². The van der Waals surface area contributed by atoms with E-state index in [1.165, 1.54) is 9.91 Å². The zero-order chi connectivity index (χ0) is 22.5. The SMILES string of the molecule is CCC(=O)N(C)CC(=O)N1N=C(c2ccc(OC)cc2OC)C[C@@H]1c1ccc(C)cc1. The summed E-state index contributed by atoms with van der Waals surface area (Å²) in [7, 11) is 4.83. The number of rotatable bonds is 7. The Hall–Kier alpha value is -3.35. The summed E-state index contributed by atoms with van der Waals surface area (Å²) in [5.41, 5.74) is 3.71. The molecule has 0 radical (unpaired) electrons. The monoisotopic (exact) mass is 423 g/mol. The molecule has 164 valence electrons. The zero-order valence-corrected chi connectivity index (χ0v) is 18.7. The van der Waals surface area contributed by atoms with Crippen LogP contribution in [-0.2, 0) is 9.59 Å². The Morgan fingerprint density at radius 2 is 1.84 bits per heavy atom. The molecule has 7 heteroatoms. The Morgan fingerprint density at radius 1 is 1.13 bits per heavy atom. The van der Waals surface area contributed by atoms with Crippen molar-refractivity contribution in [3.05, 3.63) is 59.2 Å². The maximum absolute atomic E-state index is 13.1. The van der Waals surface area contributed by atoms with Crippen LogP contribution in [-0.4, -0.2) is 55.2 Å². The molecule has 0 N–H and O–H groups in total. The molecule has 1 heterocycles. The number of likely N-dealkylation sites (N-methyl/N-ethyl adjacent to an activating group) is 1. The van der Waals surface area contributed by atoms with Gasteiger partial charge in [0, 0.05) is 31.5 Å². The quantitative estimate of drug-likeness (QED) is 0.683. The maximum atomic E-state index is 13.1. The van der Waals surface area contributed by atoms with Gasteiger partial charge in [0.25, 0.3) is 5.91 Å². The first-order chi connectivity index (χ1) is 14.9. The molecule has 0 saturated carbocycles. The molecule has 7 nitrogen and oxygen atoms in total. The first-order valence-corrected chi connectivity index (χ1v) is 10.3. The molecule has 0 fully saturated rings. The second-order valence-electron chi connectivity index (χ2n) is 7.59. The highest BCUT2D eigenvalue weighted by Gasteiger charge is 2.34. The summed E-state index contributed by atoms with van der Waals surface area (Å²) in [6.07, 6.45) is 0.895. The largest absolute Gasteiger partial charge is 0.497 e. The van der Waals surface area contributed by atoms with Crippen LogP contribution in [0.5, 0.6) is 11.5 Å². The van der Waals surface area contributed by atoms with E-state index in [1.54, 1.807) is 34.3 Å². The number of hydrazone groups is 1. The van der Waals surface area contributed by atoms with E-state index in [1.807, 2.05) is 43.3 Å². The predicted octanol–water partition coefficient (Wildman–Crippen LogP) is 3.56. The fourth-order valence-electron chi connectivity index (χ4n) is 3.62.